The molecule has 27 heavy (non-hydrogen) atoms. The summed E-state index contributed by atoms with van der Waals surface area (Å²) >= 11 is 0. The highest BCUT2D eigenvalue weighted by Gasteiger charge is 2.12. The third kappa shape index (κ3) is 2.57. The molecule has 0 atom stereocenters. The molecule has 1 N–H and O–H groups in total. The van der Waals surface area contributed by atoms with Gasteiger partial charge in [0.2, 0.25) is 0 Å². The van der Waals surface area contributed by atoms with Gasteiger partial charge < -0.3 is 4.98 Å². The van der Waals surface area contributed by atoms with E-state index in [-0.39, 0.29) is 0 Å². The van der Waals surface area contributed by atoms with Crippen molar-refractivity contribution in [2.45, 2.75) is 13.8 Å². The first kappa shape index (κ1) is 15.7. The molecule has 0 unspecified atom stereocenters. The zero-order valence-corrected chi connectivity index (χ0v) is 15.2. The average Bonchev–Trinajstić information content (AvgIpc) is 3.11. The fourth-order valence-corrected chi connectivity index (χ4v) is 3.75. The van der Waals surface area contributed by atoms with Crippen LogP contribution in [0.25, 0.3) is 44.2 Å². The van der Waals surface area contributed by atoms with E-state index in [4.69, 9.17) is 0 Å². The molecule has 0 saturated heterocycles. The molecule has 5 rings (SSSR count). The SMILES string of the molecule is Cc1ccnc(C)c1-c1cnc2[nH]cc(-c3ccc4ncccc4c3)c2c1. The summed E-state index contributed by atoms with van der Waals surface area (Å²) in [6.07, 6.45) is 7.62. The highest BCUT2D eigenvalue weighted by molar-refractivity contribution is 5.98. The van der Waals surface area contributed by atoms with Crippen LogP contribution in [0.15, 0.2) is 67.3 Å². The molecule has 4 heterocycles. The van der Waals surface area contributed by atoms with Crippen molar-refractivity contribution in [3.05, 3.63) is 78.5 Å². The van der Waals surface area contributed by atoms with Gasteiger partial charge in [-0.3, -0.25) is 9.97 Å². The maximum atomic E-state index is 4.65. The summed E-state index contributed by atoms with van der Waals surface area (Å²) in [5.74, 6) is 0. The second-order valence-corrected chi connectivity index (χ2v) is 6.82. The molecule has 0 aliphatic heterocycles. The highest BCUT2D eigenvalue weighted by atomic mass is 14.8. The van der Waals surface area contributed by atoms with Gasteiger partial charge in [-0.05, 0) is 55.3 Å². The van der Waals surface area contributed by atoms with E-state index in [1.54, 1.807) is 0 Å². The van der Waals surface area contributed by atoms with Gasteiger partial charge in [-0.25, -0.2) is 4.98 Å². The molecule has 0 aliphatic carbocycles. The Morgan fingerprint density at radius 3 is 2.67 bits per heavy atom. The van der Waals surface area contributed by atoms with Gasteiger partial charge in [0, 0.05) is 57.9 Å². The Morgan fingerprint density at radius 2 is 1.78 bits per heavy atom. The van der Waals surface area contributed by atoms with Crippen LogP contribution in [-0.2, 0) is 0 Å². The number of aromatic amines is 1. The number of aromatic nitrogens is 4. The number of aryl methyl sites for hydroxylation is 2. The molecule has 1 aromatic carbocycles. The van der Waals surface area contributed by atoms with Crippen molar-refractivity contribution >= 4 is 21.9 Å². The van der Waals surface area contributed by atoms with Gasteiger partial charge in [-0.1, -0.05) is 12.1 Å². The molecular weight excluding hydrogens is 332 g/mol. The lowest BCUT2D eigenvalue weighted by molar-refractivity contribution is 1.18. The molecule has 0 radical (unpaired) electrons. The molecule has 0 fully saturated rings. The summed E-state index contributed by atoms with van der Waals surface area (Å²) in [4.78, 5) is 16.8. The fourth-order valence-electron chi connectivity index (χ4n) is 3.75. The van der Waals surface area contributed by atoms with Crippen molar-refractivity contribution < 1.29 is 0 Å². The largest absolute Gasteiger partial charge is 0.346 e. The lowest BCUT2D eigenvalue weighted by Gasteiger charge is -2.09. The Hall–Kier alpha value is -3.53. The minimum Gasteiger partial charge on any atom is -0.346 e. The standard InChI is InChI=1S/C23H18N4/c1-14-7-9-24-15(2)22(14)18-11-19-20(13-27-23(19)26-12-18)16-5-6-21-17(10-16)4-3-8-25-21/h3-13H,1-2H3,(H,26,27). The lowest BCUT2D eigenvalue weighted by Crippen LogP contribution is -1.92. The van der Waals surface area contributed by atoms with Crippen LogP contribution < -0.4 is 0 Å². The van der Waals surface area contributed by atoms with E-state index in [1.165, 1.54) is 5.56 Å². The molecule has 0 spiro atoms. The third-order valence-electron chi connectivity index (χ3n) is 5.08. The van der Waals surface area contributed by atoms with Crippen LogP contribution in [0.3, 0.4) is 0 Å². The molecule has 0 bridgehead atoms. The van der Waals surface area contributed by atoms with Crippen molar-refractivity contribution in [1.82, 2.24) is 19.9 Å². The van der Waals surface area contributed by atoms with Crippen LogP contribution in [-0.4, -0.2) is 19.9 Å². The Balaban J connectivity index is 1.71. The number of pyridine rings is 3. The van der Waals surface area contributed by atoms with Gasteiger partial charge in [-0.15, -0.1) is 0 Å². The Bertz CT molecular complexity index is 1280. The summed E-state index contributed by atoms with van der Waals surface area (Å²) < 4.78 is 0. The first-order chi connectivity index (χ1) is 13.2. The molecule has 130 valence electrons. The maximum absolute atomic E-state index is 4.65. The first-order valence-corrected chi connectivity index (χ1v) is 8.95. The van der Waals surface area contributed by atoms with Gasteiger partial charge >= 0.3 is 0 Å². The molecule has 0 saturated carbocycles. The first-order valence-electron chi connectivity index (χ1n) is 8.95. The summed E-state index contributed by atoms with van der Waals surface area (Å²) in [5, 5.41) is 2.24. The number of nitrogens with one attached hydrogen (secondary N) is 1. The van der Waals surface area contributed by atoms with Crippen LogP contribution in [0.1, 0.15) is 11.3 Å². The van der Waals surface area contributed by atoms with Gasteiger partial charge in [-0.2, -0.15) is 0 Å². The van der Waals surface area contributed by atoms with Crippen molar-refractivity contribution in [1.29, 1.82) is 0 Å². The number of hydrogen-bond donors (Lipinski definition) is 1. The molecule has 0 amide bonds. The van der Waals surface area contributed by atoms with Crippen LogP contribution in [0, 0.1) is 13.8 Å². The zero-order valence-electron chi connectivity index (χ0n) is 15.2. The average molecular weight is 350 g/mol. The monoisotopic (exact) mass is 350 g/mol. The Kier molecular flexibility index (Phi) is 3.50. The van der Waals surface area contributed by atoms with Gasteiger partial charge in [0.05, 0.1) is 5.52 Å². The number of rotatable bonds is 2. The minimum atomic E-state index is 0.888. The zero-order chi connectivity index (χ0) is 18.4. The highest BCUT2D eigenvalue weighted by Crippen LogP contribution is 2.33. The van der Waals surface area contributed by atoms with Crippen molar-refractivity contribution in [2.75, 3.05) is 0 Å². The third-order valence-corrected chi connectivity index (χ3v) is 5.08. The van der Waals surface area contributed by atoms with E-state index < -0.39 is 0 Å². The minimum absolute atomic E-state index is 0.888. The van der Waals surface area contributed by atoms with Gasteiger partial charge in [0.15, 0.2) is 0 Å². The second-order valence-electron chi connectivity index (χ2n) is 6.82. The number of nitrogens with zero attached hydrogens (tertiary/aromatic N) is 3. The molecule has 4 aromatic heterocycles. The van der Waals surface area contributed by atoms with E-state index in [0.29, 0.717) is 0 Å². The van der Waals surface area contributed by atoms with Crippen molar-refractivity contribution in [2.24, 2.45) is 0 Å². The van der Waals surface area contributed by atoms with Crippen LogP contribution in [0.5, 0.6) is 0 Å². The Labute approximate surface area is 157 Å². The molecular formula is C23H18N4. The summed E-state index contributed by atoms with van der Waals surface area (Å²) in [7, 11) is 0. The summed E-state index contributed by atoms with van der Waals surface area (Å²) in [6, 6.07) is 14.7. The molecule has 4 nitrogen and oxygen atoms in total. The quantitative estimate of drug-likeness (QED) is 0.460. The van der Waals surface area contributed by atoms with E-state index in [9.17, 15) is 0 Å². The van der Waals surface area contributed by atoms with E-state index in [2.05, 4.69) is 57.2 Å². The van der Waals surface area contributed by atoms with Crippen LogP contribution in [0.4, 0.5) is 0 Å². The van der Waals surface area contributed by atoms with E-state index in [1.807, 2.05) is 43.8 Å². The fraction of sp³-hybridized carbons (Fsp3) is 0.0870. The predicted molar refractivity (Wildman–Crippen MR) is 110 cm³/mol. The number of benzene rings is 1. The maximum Gasteiger partial charge on any atom is 0.137 e. The van der Waals surface area contributed by atoms with Crippen molar-refractivity contribution in [3.8, 4) is 22.3 Å². The molecule has 0 aliphatic rings. The molecule has 4 heteroatoms. The predicted octanol–water partition coefficient (Wildman–Crippen LogP) is 5.46. The lowest BCUT2D eigenvalue weighted by atomic mass is 9.98. The van der Waals surface area contributed by atoms with E-state index in [0.717, 1.165) is 49.9 Å². The second kappa shape index (κ2) is 6.02. The topological polar surface area (TPSA) is 54.5 Å². The number of hydrogen-bond acceptors (Lipinski definition) is 3. The summed E-state index contributed by atoms with van der Waals surface area (Å²) in [5.41, 5.74) is 8.66. The van der Waals surface area contributed by atoms with Gasteiger partial charge in [0.1, 0.15) is 5.65 Å². The smallest absolute Gasteiger partial charge is 0.137 e. The number of fused-ring (bicyclic) bond motifs is 2. The van der Waals surface area contributed by atoms with Crippen LogP contribution in [0.2, 0.25) is 0 Å². The van der Waals surface area contributed by atoms with E-state index >= 15 is 0 Å². The molecule has 5 aromatic rings. The van der Waals surface area contributed by atoms with Gasteiger partial charge in [0.25, 0.3) is 0 Å². The van der Waals surface area contributed by atoms with Crippen LogP contribution >= 0.6 is 0 Å². The van der Waals surface area contributed by atoms with Crippen molar-refractivity contribution in [3.63, 3.8) is 0 Å². The Morgan fingerprint density at radius 1 is 0.852 bits per heavy atom. The normalized spacial score (nSPS) is 11.3. The summed E-state index contributed by atoms with van der Waals surface area (Å²) in [6.45, 7) is 4.16. The number of H-pyrrole nitrogens is 1.